The lowest BCUT2D eigenvalue weighted by Gasteiger charge is -2.04. The summed E-state index contributed by atoms with van der Waals surface area (Å²) in [5.41, 5.74) is 8.19. The van der Waals surface area contributed by atoms with Crippen molar-refractivity contribution in [2.75, 3.05) is 17.6 Å². The van der Waals surface area contributed by atoms with Crippen molar-refractivity contribution >= 4 is 11.4 Å². The highest BCUT2D eigenvalue weighted by Gasteiger charge is 2.06. The molecule has 6 heteroatoms. The molecule has 0 amide bonds. The number of aromatic amines is 1. The summed E-state index contributed by atoms with van der Waals surface area (Å²) in [5.74, 6) is 1.17. The zero-order valence-corrected chi connectivity index (χ0v) is 11.9. The van der Waals surface area contributed by atoms with E-state index >= 15 is 0 Å². The van der Waals surface area contributed by atoms with E-state index in [1.165, 1.54) is 12.1 Å². The van der Waals surface area contributed by atoms with Crippen LogP contribution in [0.5, 0.6) is 0 Å². The fourth-order valence-electron chi connectivity index (χ4n) is 2.11. The molecule has 2 aromatic carbocycles. The Bertz CT molecular complexity index is 751. The average molecular weight is 297 g/mol. The molecule has 0 bridgehead atoms. The van der Waals surface area contributed by atoms with Crippen molar-refractivity contribution in [1.29, 1.82) is 0 Å². The summed E-state index contributed by atoms with van der Waals surface area (Å²) in [7, 11) is 0. The van der Waals surface area contributed by atoms with Crippen LogP contribution in [0.15, 0.2) is 48.5 Å². The quantitative estimate of drug-likeness (QED) is 0.633. The number of nitrogen functional groups attached to an aromatic ring is 1. The molecule has 0 aliphatic carbocycles. The lowest BCUT2D eigenvalue weighted by molar-refractivity contribution is 0.628. The number of H-pyrrole nitrogens is 1. The van der Waals surface area contributed by atoms with Crippen LogP contribution in [0.25, 0.3) is 11.4 Å². The van der Waals surface area contributed by atoms with E-state index in [1.54, 1.807) is 12.1 Å². The van der Waals surface area contributed by atoms with E-state index in [9.17, 15) is 4.39 Å². The normalized spacial score (nSPS) is 10.6. The number of nitrogens with one attached hydrogen (secondary N) is 2. The van der Waals surface area contributed by atoms with Gasteiger partial charge in [-0.15, -0.1) is 0 Å². The molecule has 3 aromatic rings. The van der Waals surface area contributed by atoms with Crippen LogP contribution < -0.4 is 11.1 Å². The highest BCUT2D eigenvalue weighted by Crippen LogP contribution is 2.17. The molecule has 0 radical (unpaired) electrons. The van der Waals surface area contributed by atoms with Crippen molar-refractivity contribution in [2.24, 2.45) is 0 Å². The van der Waals surface area contributed by atoms with Crippen molar-refractivity contribution < 1.29 is 4.39 Å². The van der Waals surface area contributed by atoms with Crippen molar-refractivity contribution in [3.63, 3.8) is 0 Å². The van der Waals surface area contributed by atoms with Gasteiger partial charge in [-0.1, -0.05) is 12.1 Å². The van der Waals surface area contributed by atoms with E-state index in [0.29, 0.717) is 24.5 Å². The Morgan fingerprint density at radius 1 is 1.14 bits per heavy atom. The van der Waals surface area contributed by atoms with E-state index < -0.39 is 0 Å². The topological polar surface area (TPSA) is 79.6 Å². The van der Waals surface area contributed by atoms with Gasteiger partial charge >= 0.3 is 0 Å². The predicted octanol–water partition coefficient (Wildman–Crippen LogP) is 2.85. The van der Waals surface area contributed by atoms with Crippen LogP contribution in [0.4, 0.5) is 15.8 Å². The van der Waals surface area contributed by atoms with E-state index in [1.807, 2.05) is 24.3 Å². The smallest absolute Gasteiger partial charge is 0.181 e. The van der Waals surface area contributed by atoms with Gasteiger partial charge in [0.25, 0.3) is 0 Å². The monoisotopic (exact) mass is 297 g/mol. The molecule has 0 saturated carbocycles. The summed E-state index contributed by atoms with van der Waals surface area (Å²) in [6, 6.07) is 13.7. The van der Waals surface area contributed by atoms with Crippen LogP contribution in [0.2, 0.25) is 0 Å². The summed E-state index contributed by atoms with van der Waals surface area (Å²) in [4.78, 5) is 4.44. The molecule has 5 nitrogen and oxygen atoms in total. The number of aromatic nitrogens is 3. The Balaban J connectivity index is 1.59. The highest BCUT2D eigenvalue weighted by molar-refractivity contribution is 5.60. The standard InChI is InChI=1S/C16H16FN5/c17-12-4-6-14(7-5-12)19-9-8-15-20-16(22-21-15)11-2-1-3-13(18)10-11/h1-7,10,19H,8-9,18H2,(H,20,21,22). The maximum absolute atomic E-state index is 12.8. The number of halogens is 1. The lowest BCUT2D eigenvalue weighted by atomic mass is 10.2. The zero-order chi connectivity index (χ0) is 15.4. The Kier molecular flexibility index (Phi) is 4.00. The largest absolute Gasteiger partial charge is 0.399 e. The summed E-state index contributed by atoms with van der Waals surface area (Å²) in [5, 5.41) is 10.3. The summed E-state index contributed by atoms with van der Waals surface area (Å²) in [6.45, 7) is 0.678. The SMILES string of the molecule is Nc1cccc(-c2n[nH]c(CCNc3ccc(F)cc3)n2)c1. The molecule has 0 atom stereocenters. The van der Waals surface area contributed by atoms with E-state index in [0.717, 1.165) is 17.1 Å². The van der Waals surface area contributed by atoms with Gasteiger partial charge in [0.15, 0.2) is 5.82 Å². The van der Waals surface area contributed by atoms with Gasteiger partial charge in [0.05, 0.1) is 0 Å². The first-order valence-corrected chi connectivity index (χ1v) is 6.97. The molecule has 0 spiro atoms. The number of anilines is 2. The lowest BCUT2D eigenvalue weighted by Crippen LogP contribution is -2.05. The molecular formula is C16H16FN5. The average Bonchev–Trinajstić information content (AvgIpc) is 2.98. The van der Waals surface area contributed by atoms with Gasteiger partial charge in [0.2, 0.25) is 0 Å². The molecule has 0 unspecified atom stereocenters. The molecule has 22 heavy (non-hydrogen) atoms. The van der Waals surface area contributed by atoms with Gasteiger partial charge in [-0.3, -0.25) is 5.10 Å². The minimum Gasteiger partial charge on any atom is -0.399 e. The minimum absolute atomic E-state index is 0.243. The Morgan fingerprint density at radius 3 is 2.73 bits per heavy atom. The zero-order valence-electron chi connectivity index (χ0n) is 11.9. The van der Waals surface area contributed by atoms with Crippen molar-refractivity contribution in [1.82, 2.24) is 15.2 Å². The number of rotatable bonds is 5. The number of benzene rings is 2. The van der Waals surface area contributed by atoms with Crippen molar-refractivity contribution in [3.8, 4) is 11.4 Å². The first-order chi connectivity index (χ1) is 10.7. The first kappa shape index (κ1) is 14.1. The number of hydrogen-bond donors (Lipinski definition) is 3. The third-order valence-corrected chi connectivity index (χ3v) is 3.21. The molecule has 4 N–H and O–H groups in total. The van der Waals surface area contributed by atoms with Gasteiger partial charge in [-0.05, 0) is 36.4 Å². The van der Waals surface area contributed by atoms with E-state index in [-0.39, 0.29) is 5.82 Å². The second-order valence-electron chi connectivity index (χ2n) is 4.91. The van der Waals surface area contributed by atoms with Gasteiger partial charge in [0.1, 0.15) is 11.6 Å². The first-order valence-electron chi connectivity index (χ1n) is 6.97. The van der Waals surface area contributed by atoms with Gasteiger partial charge in [-0.2, -0.15) is 5.10 Å². The maximum atomic E-state index is 12.8. The third-order valence-electron chi connectivity index (χ3n) is 3.21. The van der Waals surface area contributed by atoms with Gasteiger partial charge < -0.3 is 11.1 Å². The van der Waals surface area contributed by atoms with Crippen LogP contribution in [0.1, 0.15) is 5.82 Å². The third kappa shape index (κ3) is 3.41. The fourth-order valence-corrected chi connectivity index (χ4v) is 2.11. The highest BCUT2D eigenvalue weighted by atomic mass is 19.1. The molecular weight excluding hydrogens is 281 g/mol. The van der Waals surface area contributed by atoms with Crippen LogP contribution >= 0.6 is 0 Å². The molecule has 1 aromatic heterocycles. The fraction of sp³-hybridized carbons (Fsp3) is 0.125. The molecule has 0 saturated heterocycles. The molecule has 0 aliphatic heterocycles. The number of nitrogens with two attached hydrogens (primary N) is 1. The summed E-state index contributed by atoms with van der Waals surface area (Å²) in [6.07, 6.45) is 0.687. The molecule has 3 rings (SSSR count). The van der Waals surface area contributed by atoms with Crippen LogP contribution in [-0.4, -0.2) is 21.7 Å². The van der Waals surface area contributed by atoms with Crippen molar-refractivity contribution in [2.45, 2.75) is 6.42 Å². The molecule has 0 aliphatic rings. The second-order valence-corrected chi connectivity index (χ2v) is 4.91. The Morgan fingerprint density at radius 2 is 1.95 bits per heavy atom. The maximum Gasteiger partial charge on any atom is 0.181 e. The summed E-state index contributed by atoms with van der Waals surface area (Å²) < 4.78 is 12.8. The van der Waals surface area contributed by atoms with Gasteiger partial charge in [-0.25, -0.2) is 9.37 Å². The van der Waals surface area contributed by atoms with Crippen LogP contribution in [-0.2, 0) is 6.42 Å². The minimum atomic E-state index is -0.243. The molecule has 1 heterocycles. The van der Waals surface area contributed by atoms with Gasteiger partial charge in [0, 0.05) is 29.9 Å². The van der Waals surface area contributed by atoms with Crippen molar-refractivity contribution in [3.05, 3.63) is 60.2 Å². The van der Waals surface area contributed by atoms with E-state index in [4.69, 9.17) is 5.73 Å². The second kappa shape index (κ2) is 6.26. The Hall–Kier alpha value is -2.89. The number of nitrogens with zero attached hydrogens (tertiary/aromatic N) is 2. The summed E-state index contributed by atoms with van der Waals surface area (Å²) >= 11 is 0. The number of hydrogen-bond acceptors (Lipinski definition) is 4. The van der Waals surface area contributed by atoms with Crippen LogP contribution in [0, 0.1) is 5.82 Å². The predicted molar refractivity (Wildman–Crippen MR) is 84.8 cm³/mol. The Labute approximate surface area is 127 Å². The van der Waals surface area contributed by atoms with E-state index in [2.05, 4.69) is 20.5 Å². The van der Waals surface area contributed by atoms with Crippen LogP contribution in [0.3, 0.4) is 0 Å². The molecule has 0 fully saturated rings. The molecule has 112 valence electrons.